The second kappa shape index (κ2) is 3.53. The van der Waals surface area contributed by atoms with Crippen LogP contribution in [0.4, 0.5) is 0 Å². The molecular weight excluding hydrogens is 168 g/mol. The number of nitrogens with zero attached hydrogens (tertiary/aromatic N) is 2. The van der Waals surface area contributed by atoms with Gasteiger partial charge in [0.1, 0.15) is 0 Å². The lowest BCUT2D eigenvalue weighted by Crippen LogP contribution is -2.22. The van der Waals surface area contributed by atoms with Crippen LogP contribution in [0.3, 0.4) is 0 Å². The van der Waals surface area contributed by atoms with Gasteiger partial charge in [-0.1, -0.05) is 6.07 Å². The molecule has 0 saturated carbocycles. The molecule has 13 heavy (non-hydrogen) atoms. The maximum atomic E-state index is 11.1. The first-order valence-electron chi connectivity index (χ1n) is 4.03. The van der Waals surface area contributed by atoms with Gasteiger partial charge in [0.05, 0.1) is 19.6 Å². The van der Waals surface area contributed by atoms with Crippen LogP contribution >= 0.6 is 0 Å². The fraction of sp³-hybridized carbons (Fsp3) is 0.222. The fourth-order valence-corrected chi connectivity index (χ4v) is 1.15. The normalized spacial score (nSPS) is 16.6. The number of carbonyl (C=O) groups excluding carboxylic acids is 1. The van der Waals surface area contributed by atoms with E-state index in [0.29, 0.717) is 13.2 Å². The number of rotatable bonds is 2. The summed E-state index contributed by atoms with van der Waals surface area (Å²) in [4.78, 5) is 20.1. The molecule has 1 radical (unpaired) electrons. The van der Waals surface area contributed by atoms with Gasteiger partial charge in [0.25, 0.3) is 5.91 Å². The zero-order valence-corrected chi connectivity index (χ0v) is 7.01. The smallest absolute Gasteiger partial charge is 0.252 e. The van der Waals surface area contributed by atoms with Crippen molar-refractivity contribution in [2.24, 2.45) is 0 Å². The predicted octanol–water partition coefficient (Wildman–Crippen LogP) is 0.560. The Labute approximate surface area is 76.1 Å². The van der Waals surface area contributed by atoms with Crippen LogP contribution in [-0.4, -0.2) is 22.6 Å². The molecule has 4 nitrogen and oxygen atoms in total. The zero-order chi connectivity index (χ0) is 9.10. The first kappa shape index (κ1) is 8.19. The second-order valence-corrected chi connectivity index (χ2v) is 2.74. The predicted molar refractivity (Wildman–Crippen MR) is 45.0 cm³/mol. The van der Waals surface area contributed by atoms with Crippen molar-refractivity contribution in [3.05, 3.63) is 36.5 Å². The van der Waals surface area contributed by atoms with Gasteiger partial charge in [-0.15, -0.1) is 0 Å². The SMILES string of the molecule is O=C1[CH]CON1Cc1cccnc1. The summed E-state index contributed by atoms with van der Waals surface area (Å²) in [7, 11) is 0. The molecule has 1 aromatic heterocycles. The van der Waals surface area contributed by atoms with Gasteiger partial charge in [-0.3, -0.25) is 14.6 Å². The molecule has 1 aliphatic rings. The molecule has 1 aromatic rings. The van der Waals surface area contributed by atoms with Crippen molar-refractivity contribution in [3.8, 4) is 0 Å². The Balaban J connectivity index is 2.02. The van der Waals surface area contributed by atoms with Crippen molar-refractivity contribution < 1.29 is 9.63 Å². The molecule has 1 fully saturated rings. The van der Waals surface area contributed by atoms with E-state index in [2.05, 4.69) is 4.98 Å². The van der Waals surface area contributed by atoms with Gasteiger partial charge in [-0.2, -0.15) is 0 Å². The van der Waals surface area contributed by atoms with Gasteiger partial charge >= 0.3 is 0 Å². The molecule has 67 valence electrons. The minimum Gasteiger partial charge on any atom is -0.272 e. The number of pyridine rings is 1. The standard InChI is InChI=1S/C9H9N2O2/c12-9-3-5-13-11(9)7-8-2-1-4-10-6-8/h1-4,6H,5,7H2. The van der Waals surface area contributed by atoms with Crippen LogP contribution in [0.15, 0.2) is 24.5 Å². The van der Waals surface area contributed by atoms with E-state index >= 15 is 0 Å². The Kier molecular flexibility index (Phi) is 2.23. The Bertz CT molecular complexity index is 300. The molecule has 0 N–H and O–H groups in total. The molecule has 0 aromatic carbocycles. The van der Waals surface area contributed by atoms with Crippen LogP contribution in [0.5, 0.6) is 0 Å². The molecule has 1 saturated heterocycles. The molecule has 0 bridgehead atoms. The highest BCUT2D eigenvalue weighted by atomic mass is 16.7. The van der Waals surface area contributed by atoms with Crippen LogP contribution in [0.25, 0.3) is 0 Å². The summed E-state index contributed by atoms with van der Waals surface area (Å²) in [5, 5.41) is 1.33. The Morgan fingerprint density at radius 3 is 3.15 bits per heavy atom. The van der Waals surface area contributed by atoms with Crippen molar-refractivity contribution in [3.63, 3.8) is 0 Å². The van der Waals surface area contributed by atoms with E-state index in [1.165, 1.54) is 11.5 Å². The minimum atomic E-state index is -0.0798. The molecule has 0 aliphatic carbocycles. The van der Waals surface area contributed by atoms with Crippen molar-refractivity contribution >= 4 is 5.91 Å². The number of aromatic nitrogens is 1. The largest absolute Gasteiger partial charge is 0.272 e. The third kappa shape index (κ3) is 1.84. The molecular formula is C9H9N2O2. The maximum Gasteiger partial charge on any atom is 0.252 e. The van der Waals surface area contributed by atoms with Gasteiger partial charge in [-0.05, 0) is 11.6 Å². The van der Waals surface area contributed by atoms with Crippen LogP contribution in [0.2, 0.25) is 0 Å². The highest BCUT2D eigenvalue weighted by molar-refractivity contribution is 5.85. The third-order valence-electron chi connectivity index (χ3n) is 1.78. The van der Waals surface area contributed by atoms with Crippen LogP contribution in [-0.2, 0) is 16.2 Å². The summed E-state index contributed by atoms with van der Waals surface area (Å²) >= 11 is 0. The van der Waals surface area contributed by atoms with Crippen molar-refractivity contribution in [2.75, 3.05) is 6.61 Å². The van der Waals surface area contributed by atoms with Crippen molar-refractivity contribution in [1.29, 1.82) is 0 Å². The number of hydrogen-bond acceptors (Lipinski definition) is 3. The van der Waals surface area contributed by atoms with E-state index in [0.717, 1.165) is 5.56 Å². The van der Waals surface area contributed by atoms with E-state index in [4.69, 9.17) is 4.84 Å². The summed E-state index contributed by atoms with van der Waals surface area (Å²) < 4.78 is 0. The molecule has 0 unspecified atom stereocenters. The average molecular weight is 177 g/mol. The lowest BCUT2D eigenvalue weighted by molar-refractivity contribution is -0.164. The molecule has 1 amide bonds. The zero-order valence-electron chi connectivity index (χ0n) is 7.01. The second-order valence-electron chi connectivity index (χ2n) is 2.74. The van der Waals surface area contributed by atoms with Crippen molar-refractivity contribution in [2.45, 2.75) is 6.54 Å². The van der Waals surface area contributed by atoms with E-state index < -0.39 is 0 Å². The van der Waals surface area contributed by atoms with Gasteiger partial charge in [0.2, 0.25) is 0 Å². The van der Waals surface area contributed by atoms with E-state index in [-0.39, 0.29) is 5.91 Å². The van der Waals surface area contributed by atoms with Gasteiger partial charge in [0, 0.05) is 12.4 Å². The van der Waals surface area contributed by atoms with Crippen LogP contribution in [0, 0.1) is 6.42 Å². The monoisotopic (exact) mass is 177 g/mol. The van der Waals surface area contributed by atoms with Gasteiger partial charge < -0.3 is 0 Å². The summed E-state index contributed by atoms with van der Waals surface area (Å²) in [5.74, 6) is -0.0798. The molecule has 4 heteroatoms. The number of hydroxylamine groups is 2. The summed E-state index contributed by atoms with van der Waals surface area (Å²) in [5.41, 5.74) is 0.964. The lowest BCUT2D eigenvalue weighted by atomic mass is 10.3. The highest BCUT2D eigenvalue weighted by Gasteiger charge is 2.21. The Morgan fingerprint density at radius 1 is 1.62 bits per heavy atom. The highest BCUT2D eigenvalue weighted by Crippen LogP contribution is 2.10. The number of hydrogen-bond donors (Lipinski definition) is 0. The maximum absolute atomic E-state index is 11.1. The Morgan fingerprint density at radius 2 is 2.54 bits per heavy atom. The van der Waals surface area contributed by atoms with Gasteiger partial charge in [-0.25, -0.2) is 5.06 Å². The van der Waals surface area contributed by atoms with Crippen LogP contribution < -0.4 is 0 Å². The van der Waals surface area contributed by atoms with E-state index in [1.807, 2.05) is 12.1 Å². The molecule has 2 rings (SSSR count). The number of amides is 1. The summed E-state index contributed by atoms with van der Waals surface area (Å²) in [6, 6.07) is 3.74. The third-order valence-corrected chi connectivity index (χ3v) is 1.78. The van der Waals surface area contributed by atoms with Gasteiger partial charge in [0.15, 0.2) is 0 Å². The molecule has 0 spiro atoms. The molecule has 2 heterocycles. The lowest BCUT2D eigenvalue weighted by Gasteiger charge is -2.12. The van der Waals surface area contributed by atoms with E-state index in [1.54, 1.807) is 12.4 Å². The topological polar surface area (TPSA) is 42.4 Å². The van der Waals surface area contributed by atoms with Crippen LogP contribution in [0.1, 0.15) is 5.56 Å². The quantitative estimate of drug-likeness (QED) is 0.662. The molecule has 1 aliphatic heterocycles. The minimum absolute atomic E-state index is 0.0798. The number of carbonyl (C=O) groups is 1. The fourth-order valence-electron chi connectivity index (χ4n) is 1.15. The first-order chi connectivity index (χ1) is 6.36. The Hall–Kier alpha value is -1.42. The summed E-state index contributed by atoms with van der Waals surface area (Å²) in [6.45, 7) is 0.836. The first-order valence-corrected chi connectivity index (χ1v) is 4.03. The van der Waals surface area contributed by atoms with Crippen molar-refractivity contribution in [1.82, 2.24) is 10.0 Å². The average Bonchev–Trinajstić information content (AvgIpc) is 2.54. The summed E-state index contributed by atoms with van der Waals surface area (Å²) in [6.07, 6.45) is 4.92. The van der Waals surface area contributed by atoms with E-state index in [9.17, 15) is 4.79 Å². The molecule has 0 atom stereocenters.